The van der Waals surface area contributed by atoms with Crippen molar-refractivity contribution in [1.29, 1.82) is 0 Å². The van der Waals surface area contributed by atoms with Gasteiger partial charge in [-0.15, -0.1) is 0 Å². The molecule has 2 rings (SSSR count). The smallest absolute Gasteiger partial charge is 0.339 e. The molecule has 0 N–H and O–H groups in total. The first kappa shape index (κ1) is 19.4. The molecule has 0 aliphatic heterocycles. The second kappa shape index (κ2) is 10.8. The van der Waals surface area contributed by atoms with Gasteiger partial charge in [-0.05, 0) is 17.7 Å². The molecule has 0 amide bonds. The molecule has 0 saturated carbocycles. The average molecular weight is 454 g/mol. The molecule has 0 unspecified atom stereocenters. The number of ether oxygens (including phenoxy) is 3. The van der Waals surface area contributed by atoms with Gasteiger partial charge < -0.3 is 14.2 Å². The molecule has 0 heterocycles. The molecule has 25 heavy (non-hydrogen) atoms. The van der Waals surface area contributed by atoms with Crippen molar-refractivity contribution >= 4 is 34.5 Å². The van der Waals surface area contributed by atoms with Crippen LogP contribution < -0.4 is 0 Å². The van der Waals surface area contributed by atoms with E-state index < -0.39 is 11.9 Å². The van der Waals surface area contributed by atoms with Gasteiger partial charge in [0.05, 0.1) is 24.3 Å². The molecule has 0 spiro atoms. The van der Waals surface area contributed by atoms with E-state index in [1.807, 2.05) is 30.3 Å². The van der Waals surface area contributed by atoms with Gasteiger partial charge in [-0.2, -0.15) is 0 Å². The highest BCUT2D eigenvalue weighted by Crippen LogP contribution is 2.13. The lowest BCUT2D eigenvalue weighted by Gasteiger charge is -2.10. The molecule has 0 fully saturated rings. The third-order valence-corrected chi connectivity index (χ3v) is 3.70. The highest BCUT2D eigenvalue weighted by atomic mass is 127. The number of alkyl halides is 1. The summed E-state index contributed by atoms with van der Waals surface area (Å²) in [7, 11) is 0. The number of benzene rings is 2. The Morgan fingerprint density at radius 2 is 1.36 bits per heavy atom. The first-order valence-electron chi connectivity index (χ1n) is 7.83. The van der Waals surface area contributed by atoms with Crippen LogP contribution in [0.25, 0.3) is 0 Å². The Morgan fingerprint density at radius 3 is 2.00 bits per heavy atom. The van der Waals surface area contributed by atoms with Crippen molar-refractivity contribution in [3.05, 3.63) is 71.3 Å². The van der Waals surface area contributed by atoms with Crippen LogP contribution in [0.5, 0.6) is 0 Å². The quantitative estimate of drug-likeness (QED) is 0.251. The van der Waals surface area contributed by atoms with E-state index in [0.717, 1.165) is 9.99 Å². The van der Waals surface area contributed by atoms with E-state index in [4.69, 9.17) is 14.2 Å². The Balaban J connectivity index is 1.94. The summed E-state index contributed by atoms with van der Waals surface area (Å²) in [4.78, 5) is 24.5. The Morgan fingerprint density at radius 1 is 0.760 bits per heavy atom. The topological polar surface area (TPSA) is 61.8 Å². The molecule has 0 bridgehead atoms. The lowest BCUT2D eigenvalue weighted by atomic mass is 10.1. The number of esters is 2. The molecule has 2 aromatic carbocycles. The molecule has 0 radical (unpaired) electrons. The summed E-state index contributed by atoms with van der Waals surface area (Å²) in [6.45, 7) is 1.23. The van der Waals surface area contributed by atoms with Crippen LogP contribution >= 0.6 is 22.6 Å². The number of carbonyl (C=O) groups is 2. The number of halogens is 1. The van der Waals surface area contributed by atoms with Crippen molar-refractivity contribution in [3.63, 3.8) is 0 Å². The normalized spacial score (nSPS) is 10.3. The number of hydrogen-bond acceptors (Lipinski definition) is 5. The molecule has 132 valence electrons. The molecule has 0 aliphatic carbocycles. The van der Waals surface area contributed by atoms with Gasteiger partial charge in [0.2, 0.25) is 0 Å². The summed E-state index contributed by atoms with van der Waals surface area (Å²) in [5, 5.41) is 0. The van der Waals surface area contributed by atoms with Gasteiger partial charge in [0.25, 0.3) is 0 Å². The van der Waals surface area contributed by atoms with E-state index in [2.05, 4.69) is 22.6 Å². The average Bonchev–Trinajstić information content (AvgIpc) is 2.66. The van der Waals surface area contributed by atoms with Crippen molar-refractivity contribution in [2.45, 2.75) is 6.61 Å². The number of rotatable bonds is 9. The summed E-state index contributed by atoms with van der Waals surface area (Å²) >= 11 is 2.20. The van der Waals surface area contributed by atoms with Crippen LogP contribution in [-0.4, -0.2) is 36.2 Å². The third-order valence-electron chi connectivity index (χ3n) is 3.26. The number of carbonyl (C=O) groups excluding carboxylic acids is 2. The molecule has 6 heteroatoms. The van der Waals surface area contributed by atoms with Crippen LogP contribution in [0.15, 0.2) is 54.6 Å². The van der Waals surface area contributed by atoms with Crippen molar-refractivity contribution in [2.24, 2.45) is 0 Å². The fraction of sp³-hybridized carbons (Fsp3) is 0.263. The molecular weight excluding hydrogens is 435 g/mol. The predicted octanol–water partition coefficient (Wildman–Crippen LogP) is 3.65. The van der Waals surface area contributed by atoms with Gasteiger partial charge in [0, 0.05) is 4.43 Å². The molecule has 0 saturated heterocycles. The summed E-state index contributed by atoms with van der Waals surface area (Å²) < 4.78 is 16.6. The van der Waals surface area contributed by atoms with Gasteiger partial charge >= 0.3 is 11.9 Å². The Kier molecular flexibility index (Phi) is 8.41. The zero-order chi connectivity index (χ0) is 17.9. The van der Waals surface area contributed by atoms with Crippen molar-refractivity contribution < 1.29 is 23.8 Å². The Hall–Kier alpha value is -1.93. The van der Waals surface area contributed by atoms with Crippen LogP contribution in [0.3, 0.4) is 0 Å². The molecular formula is C19H19IO5. The zero-order valence-corrected chi connectivity index (χ0v) is 15.8. The monoisotopic (exact) mass is 454 g/mol. The molecule has 5 nitrogen and oxygen atoms in total. The highest BCUT2D eigenvalue weighted by molar-refractivity contribution is 14.1. The Bertz CT molecular complexity index is 687. The SMILES string of the molecule is O=C(OCCOCCI)c1ccccc1C(=O)OCc1ccccc1. The fourth-order valence-corrected chi connectivity index (χ4v) is 2.38. The van der Waals surface area contributed by atoms with E-state index >= 15 is 0 Å². The van der Waals surface area contributed by atoms with E-state index in [1.165, 1.54) is 0 Å². The molecule has 2 aromatic rings. The van der Waals surface area contributed by atoms with Crippen molar-refractivity contribution in [3.8, 4) is 0 Å². The van der Waals surface area contributed by atoms with E-state index in [0.29, 0.717) is 13.2 Å². The second-order valence-corrected chi connectivity index (χ2v) is 6.12. The van der Waals surface area contributed by atoms with Crippen molar-refractivity contribution in [2.75, 3.05) is 24.2 Å². The standard InChI is InChI=1S/C19H19IO5/c20-10-11-23-12-13-24-18(21)16-8-4-5-9-17(16)19(22)25-14-15-6-2-1-3-7-15/h1-9H,10-14H2. The van der Waals surface area contributed by atoms with Crippen LogP contribution in [0.1, 0.15) is 26.3 Å². The van der Waals surface area contributed by atoms with E-state index in [9.17, 15) is 9.59 Å². The minimum atomic E-state index is -0.565. The summed E-state index contributed by atoms with van der Waals surface area (Å²) in [5.74, 6) is -1.12. The third kappa shape index (κ3) is 6.47. The van der Waals surface area contributed by atoms with Gasteiger partial charge in [-0.25, -0.2) is 9.59 Å². The van der Waals surface area contributed by atoms with Crippen molar-refractivity contribution in [1.82, 2.24) is 0 Å². The zero-order valence-electron chi connectivity index (χ0n) is 13.7. The van der Waals surface area contributed by atoms with Gasteiger partial charge in [0.1, 0.15) is 13.2 Å². The van der Waals surface area contributed by atoms with Crippen LogP contribution in [-0.2, 0) is 20.8 Å². The van der Waals surface area contributed by atoms with Crippen LogP contribution in [0, 0.1) is 0 Å². The lowest BCUT2D eigenvalue weighted by molar-refractivity contribution is 0.0328. The van der Waals surface area contributed by atoms with Gasteiger partial charge in [-0.1, -0.05) is 65.1 Å². The highest BCUT2D eigenvalue weighted by Gasteiger charge is 2.19. The summed E-state index contributed by atoms with van der Waals surface area (Å²) in [6.07, 6.45) is 0. The molecule has 0 aliphatic rings. The second-order valence-electron chi connectivity index (χ2n) is 5.04. The van der Waals surface area contributed by atoms with E-state index in [1.54, 1.807) is 24.3 Å². The first-order valence-corrected chi connectivity index (χ1v) is 9.36. The molecule has 0 aromatic heterocycles. The van der Waals surface area contributed by atoms with Gasteiger partial charge in [-0.3, -0.25) is 0 Å². The Labute approximate surface area is 160 Å². The lowest BCUT2D eigenvalue weighted by Crippen LogP contribution is -2.16. The van der Waals surface area contributed by atoms with Gasteiger partial charge in [0.15, 0.2) is 0 Å². The summed E-state index contributed by atoms with van der Waals surface area (Å²) in [5.41, 5.74) is 1.26. The van der Waals surface area contributed by atoms with E-state index in [-0.39, 0.29) is 24.3 Å². The first-order chi connectivity index (χ1) is 12.2. The minimum absolute atomic E-state index is 0.142. The van der Waals surface area contributed by atoms with Crippen LogP contribution in [0.2, 0.25) is 0 Å². The maximum Gasteiger partial charge on any atom is 0.339 e. The summed E-state index contributed by atoms with van der Waals surface area (Å²) in [6, 6.07) is 15.8. The fourth-order valence-electron chi connectivity index (χ4n) is 2.07. The minimum Gasteiger partial charge on any atom is -0.460 e. The predicted molar refractivity (Wildman–Crippen MR) is 102 cm³/mol. The number of hydrogen-bond donors (Lipinski definition) is 0. The molecule has 0 atom stereocenters. The van der Waals surface area contributed by atoms with Crippen LogP contribution in [0.4, 0.5) is 0 Å². The largest absolute Gasteiger partial charge is 0.460 e. The maximum absolute atomic E-state index is 12.3. The maximum atomic E-state index is 12.3.